The summed E-state index contributed by atoms with van der Waals surface area (Å²) in [5, 5.41) is 0. The van der Waals surface area contributed by atoms with Crippen molar-refractivity contribution < 1.29 is 24.0 Å². The van der Waals surface area contributed by atoms with E-state index in [-0.39, 0.29) is 0 Å². The molecule has 0 atom stereocenters. The third-order valence-electron chi connectivity index (χ3n) is 1.87. The second-order valence-corrected chi connectivity index (χ2v) is 3.53. The number of carbonyl (C=O) groups excluding carboxylic acids is 5. The lowest BCUT2D eigenvalue weighted by Crippen LogP contribution is -1.73. The Balaban J connectivity index is -0.000000260. The van der Waals surface area contributed by atoms with Gasteiger partial charge in [-0.1, -0.05) is 60.7 Å². The van der Waals surface area contributed by atoms with E-state index < -0.39 is 0 Å². The van der Waals surface area contributed by atoms with Crippen molar-refractivity contribution in [1.29, 1.82) is 0 Å². The van der Waals surface area contributed by atoms with E-state index in [1.165, 1.54) is 13.8 Å². The predicted octanol–water partition coefficient (Wildman–Crippen LogP) is 3.22. The third kappa shape index (κ3) is 21.1. The number of hydrogen-bond donors (Lipinski definition) is 0. The van der Waals surface area contributed by atoms with Gasteiger partial charge >= 0.3 is 0 Å². The van der Waals surface area contributed by atoms with Crippen molar-refractivity contribution in [3.05, 3.63) is 71.8 Å². The second-order valence-electron chi connectivity index (χ2n) is 3.53. The van der Waals surface area contributed by atoms with E-state index in [0.717, 1.165) is 36.3 Å². The van der Waals surface area contributed by atoms with Crippen molar-refractivity contribution in [3.63, 3.8) is 0 Å². The molecule has 2 aromatic rings. The van der Waals surface area contributed by atoms with Crippen molar-refractivity contribution in [2.45, 2.75) is 13.8 Å². The third-order valence-corrected chi connectivity index (χ3v) is 1.87. The molecule has 128 valence electrons. The van der Waals surface area contributed by atoms with Crippen molar-refractivity contribution in [2.75, 3.05) is 0 Å². The van der Waals surface area contributed by atoms with Crippen molar-refractivity contribution in [3.8, 4) is 0 Å². The Labute approximate surface area is 142 Å². The summed E-state index contributed by atoms with van der Waals surface area (Å²) in [5.41, 5.74) is 1.46. The summed E-state index contributed by atoms with van der Waals surface area (Å²) in [6.07, 6.45) is 3.17. The van der Waals surface area contributed by atoms with Crippen LogP contribution in [0.3, 0.4) is 0 Å². The number of hydrogen-bond acceptors (Lipinski definition) is 5. The van der Waals surface area contributed by atoms with Gasteiger partial charge < -0.3 is 14.4 Å². The zero-order chi connectivity index (χ0) is 19.1. The molecule has 0 saturated carbocycles. The Hall–Kier alpha value is -3.21. The van der Waals surface area contributed by atoms with Crippen LogP contribution >= 0.6 is 0 Å². The van der Waals surface area contributed by atoms with Crippen LogP contribution in [0.25, 0.3) is 0 Å². The fraction of sp³-hybridized carbons (Fsp3) is 0.105. The maximum atomic E-state index is 10.0. The van der Waals surface area contributed by atoms with Crippen LogP contribution in [0.4, 0.5) is 0 Å². The van der Waals surface area contributed by atoms with Crippen LogP contribution < -0.4 is 0 Å². The fourth-order valence-corrected chi connectivity index (χ4v) is 1.06. The molecular formula is C19H22O5. The van der Waals surface area contributed by atoms with Gasteiger partial charge in [-0.2, -0.15) is 0 Å². The summed E-state index contributed by atoms with van der Waals surface area (Å²) in [7, 11) is 0. The van der Waals surface area contributed by atoms with E-state index in [0.29, 0.717) is 0 Å². The fourth-order valence-electron chi connectivity index (χ4n) is 1.06. The summed E-state index contributed by atoms with van der Waals surface area (Å²) in [6.45, 7) is 4.89. The van der Waals surface area contributed by atoms with Crippen LogP contribution in [-0.4, -0.2) is 31.9 Å². The van der Waals surface area contributed by atoms with Gasteiger partial charge in [-0.3, -0.25) is 9.59 Å². The maximum Gasteiger partial charge on any atom is 0.150 e. The molecule has 2 rings (SSSR count). The monoisotopic (exact) mass is 330 g/mol. The van der Waals surface area contributed by atoms with E-state index in [2.05, 4.69) is 0 Å². The number of carbonyl (C=O) groups is 5. The lowest BCUT2D eigenvalue weighted by atomic mass is 10.2. The molecule has 0 saturated heterocycles. The predicted molar refractivity (Wildman–Crippen MR) is 94.3 cm³/mol. The molecule has 2 aromatic carbocycles. The SMILES string of the molecule is C=O.CC=O.CC=O.O=Cc1ccccc1.O=Cc1ccccc1. The van der Waals surface area contributed by atoms with E-state index >= 15 is 0 Å². The Kier molecular flexibility index (Phi) is 26.6. The van der Waals surface area contributed by atoms with Gasteiger partial charge in [0.1, 0.15) is 31.9 Å². The molecule has 0 aromatic heterocycles. The highest BCUT2D eigenvalue weighted by Gasteiger charge is 1.80. The van der Waals surface area contributed by atoms with E-state index in [1.54, 1.807) is 24.3 Å². The lowest BCUT2D eigenvalue weighted by Gasteiger charge is -1.81. The second kappa shape index (κ2) is 24.8. The van der Waals surface area contributed by atoms with Crippen molar-refractivity contribution in [1.82, 2.24) is 0 Å². The molecule has 0 N–H and O–H groups in total. The van der Waals surface area contributed by atoms with Crippen LogP contribution in [0.5, 0.6) is 0 Å². The molecule has 0 aliphatic carbocycles. The maximum absolute atomic E-state index is 10.0. The summed E-state index contributed by atoms with van der Waals surface area (Å²) in [6, 6.07) is 18.2. The molecular weight excluding hydrogens is 308 g/mol. The minimum atomic E-state index is 0.729. The van der Waals surface area contributed by atoms with Gasteiger partial charge in [0.2, 0.25) is 0 Å². The molecule has 0 fully saturated rings. The van der Waals surface area contributed by atoms with Crippen LogP contribution in [0.15, 0.2) is 60.7 Å². The molecule has 5 heteroatoms. The summed E-state index contributed by atoms with van der Waals surface area (Å²) < 4.78 is 0. The van der Waals surface area contributed by atoms with E-state index in [9.17, 15) is 9.59 Å². The van der Waals surface area contributed by atoms with Gasteiger partial charge in [0.15, 0.2) is 0 Å². The van der Waals surface area contributed by atoms with Gasteiger partial charge in [-0.05, 0) is 13.8 Å². The van der Waals surface area contributed by atoms with Crippen molar-refractivity contribution in [2.24, 2.45) is 0 Å². The van der Waals surface area contributed by atoms with Crippen LogP contribution in [0.1, 0.15) is 34.6 Å². The first kappa shape index (κ1) is 25.7. The number of aldehydes is 4. The first-order valence-corrected chi connectivity index (χ1v) is 6.78. The molecule has 0 bridgehead atoms. The Morgan fingerprint density at radius 3 is 0.917 bits per heavy atom. The minimum Gasteiger partial charge on any atom is -0.307 e. The molecule has 0 unspecified atom stereocenters. The van der Waals surface area contributed by atoms with Crippen LogP contribution in [-0.2, 0) is 14.4 Å². The molecule has 0 aliphatic heterocycles. The zero-order valence-corrected chi connectivity index (χ0v) is 13.8. The molecule has 0 heterocycles. The quantitative estimate of drug-likeness (QED) is 0.789. The van der Waals surface area contributed by atoms with Gasteiger partial charge in [-0.15, -0.1) is 0 Å². The normalized spacial score (nSPS) is 6.92. The molecule has 0 aliphatic rings. The van der Waals surface area contributed by atoms with Crippen molar-refractivity contribution >= 4 is 31.9 Å². The molecule has 0 amide bonds. The van der Waals surface area contributed by atoms with Crippen LogP contribution in [0.2, 0.25) is 0 Å². The van der Waals surface area contributed by atoms with E-state index in [1.807, 2.05) is 43.2 Å². The summed E-state index contributed by atoms with van der Waals surface area (Å²) in [5.74, 6) is 0. The highest BCUT2D eigenvalue weighted by Crippen LogP contribution is 1.92. The molecule has 24 heavy (non-hydrogen) atoms. The highest BCUT2D eigenvalue weighted by molar-refractivity contribution is 5.74. The molecule has 0 radical (unpaired) electrons. The summed E-state index contributed by atoms with van der Waals surface area (Å²) >= 11 is 0. The zero-order valence-electron chi connectivity index (χ0n) is 13.8. The number of benzene rings is 2. The van der Waals surface area contributed by atoms with Gasteiger partial charge in [0.25, 0.3) is 0 Å². The Bertz CT molecular complexity index is 474. The van der Waals surface area contributed by atoms with Gasteiger partial charge in [-0.25, -0.2) is 0 Å². The van der Waals surface area contributed by atoms with Gasteiger partial charge in [0.05, 0.1) is 0 Å². The Morgan fingerprint density at radius 1 is 0.583 bits per heavy atom. The largest absolute Gasteiger partial charge is 0.307 e. The summed E-state index contributed by atoms with van der Waals surface area (Å²) in [4.78, 5) is 45.6. The smallest absolute Gasteiger partial charge is 0.150 e. The Morgan fingerprint density at radius 2 is 0.792 bits per heavy atom. The first-order chi connectivity index (χ1) is 11.7. The first-order valence-electron chi connectivity index (χ1n) is 6.78. The highest BCUT2D eigenvalue weighted by atomic mass is 16.1. The molecule has 5 nitrogen and oxygen atoms in total. The lowest BCUT2D eigenvalue weighted by molar-refractivity contribution is -0.106. The van der Waals surface area contributed by atoms with Gasteiger partial charge in [0, 0.05) is 11.1 Å². The number of rotatable bonds is 2. The average Bonchev–Trinajstić information content (AvgIpc) is 2.66. The standard InChI is InChI=1S/2C7H6O.2C2H4O.CH2O/c2*8-6-7-4-2-1-3-5-7;2*1-2-3;1-2/h2*1-6H;2*2H,1H3;1H2. The van der Waals surface area contributed by atoms with E-state index in [4.69, 9.17) is 14.4 Å². The van der Waals surface area contributed by atoms with Crippen LogP contribution in [0, 0.1) is 0 Å². The molecule has 0 spiro atoms. The minimum absolute atomic E-state index is 0.729. The average molecular weight is 330 g/mol. The topological polar surface area (TPSA) is 85.3 Å².